The molecule has 1 aromatic rings. The van der Waals surface area contributed by atoms with Crippen LogP contribution in [0.3, 0.4) is 0 Å². The molecule has 2 heterocycles. The molecule has 2 saturated carbocycles. The van der Waals surface area contributed by atoms with Gasteiger partial charge in [0.05, 0.1) is 11.0 Å². The van der Waals surface area contributed by atoms with Crippen LogP contribution < -0.4 is 9.47 Å². The summed E-state index contributed by atoms with van der Waals surface area (Å²) in [6.07, 6.45) is 31.6. The molecule has 1 unspecified atom stereocenters. The zero-order chi connectivity index (χ0) is 33.4. The van der Waals surface area contributed by atoms with E-state index < -0.39 is 11.0 Å². The maximum Gasteiger partial charge on any atom is 0.311 e. The molecule has 0 amide bonds. The van der Waals surface area contributed by atoms with Gasteiger partial charge in [0.15, 0.2) is 11.5 Å². The van der Waals surface area contributed by atoms with Crippen molar-refractivity contribution in [3.63, 3.8) is 0 Å². The molecule has 2 bridgehead atoms. The highest BCUT2D eigenvalue weighted by molar-refractivity contribution is 5.75. The number of hydrogen-bond donors (Lipinski definition) is 1. The van der Waals surface area contributed by atoms with E-state index in [1.807, 2.05) is 6.07 Å². The van der Waals surface area contributed by atoms with Crippen molar-refractivity contribution < 1.29 is 19.4 Å². The van der Waals surface area contributed by atoms with Gasteiger partial charge >= 0.3 is 5.97 Å². The standard InChI is InChI=1S/C43H67NO4/c1-3-4-5-6-7-8-9-10-11-12-13-14-15-16-17-18-19-20-21-22-38(45)47-36-26-25-35-31-37-43(46)28-27-33(2)41-42(43,39(35)40(36)48-41)29-30-44(37)32-34-23-24-34/h25-26,34,37,41,46H,2-24,27-32H2,1H3/t37?,41-,42-,43+/m0/s1. The van der Waals surface area contributed by atoms with Gasteiger partial charge < -0.3 is 14.6 Å². The van der Waals surface area contributed by atoms with Crippen LogP contribution in [0, 0.1) is 5.92 Å². The second-order valence-corrected chi connectivity index (χ2v) is 16.5. The summed E-state index contributed by atoms with van der Waals surface area (Å²) in [7, 11) is 0. The molecular weight excluding hydrogens is 594 g/mol. The molecule has 0 radical (unpaired) electrons. The number of carbonyl (C=O) groups is 1. The number of hydrogen-bond acceptors (Lipinski definition) is 5. The predicted molar refractivity (Wildman–Crippen MR) is 196 cm³/mol. The Morgan fingerprint density at radius 3 is 2.04 bits per heavy atom. The van der Waals surface area contributed by atoms with Gasteiger partial charge in [0.2, 0.25) is 0 Å². The van der Waals surface area contributed by atoms with Crippen LogP contribution in [-0.4, -0.2) is 46.8 Å². The predicted octanol–water partition coefficient (Wildman–Crippen LogP) is 10.5. The third-order valence-corrected chi connectivity index (χ3v) is 12.9. The largest absolute Gasteiger partial charge is 0.481 e. The van der Waals surface area contributed by atoms with Crippen molar-refractivity contribution in [1.29, 1.82) is 0 Å². The van der Waals surface area contributed by atoms with Crippen LogP contribution in [0.2, 0.25) is 0 Å². The minimum Gasteiger partial charge on any atom is -0.481 e. The molecule has 5 heteroatoms. The van der Waals surface area contributed by atoms with E-state index in [1.165, 1.54) is 128 Å². The Morgan fingerprint density at radius 2 is 1.46 bits per heavy atom. The lowest BCUT2D eigenvalue weighted by atomic mass is 9.48. The van der Waals surface area contributed by atoms with E-state index in [0.29, 0.717) is 17.9 Å². The Hall–Kier alpha value is -1.85. The Kier molecular flexibility index (Phi) is 12.7. The second-order valence-electron chi connectivity index (χ2n) is 16.5. The van der Waals surface area contributed by atoms with Gasteiger partial charge in [0, 0.05) is 24.6 Å². The molecule has 2 aliphatic heterocycles. The summed E-state index contributed by atoms with van der Waals surface area (Å²) in [5, 5.41) is 12.6. The third kappa shape index (κ3) is 7.88. The Morgan fingerprint density at radius 1 is 0.875 bits per heavy atom. The number of rotatable bonds is 23. The highest BCUT2D eigenvalue weighted by Crippen LogP contribution is 2.66. The number of unbranched alkanes of at least 4 members (excludes halogenated alkanes) is 18. The van der Waals surface area contributed by atoms with Crippen molar-refractivity contribution in [3.05, 3.63) is 35.4 Å². The van der Waals surface area contributed by atoms with Crippen LogP contribution in [-0.2, 0) is 16.6 Å². The molecule has 1 N–H and O–H groups in total. The first-order valence-electron chi connectivity index (χ1n) is 20.7. The Labute approximate surface area is 292 Å². The molecule has 3 aliphatic carbocycles. The van der Waals surface area contributed by atoms with E-state index in [-0.39, 0.29) is 18.1 Å². The number of esters is 1. The van der Waals surface area contributed by atoms with Crippen molar-refractivity contribution in [3.8, 4) is 11.5 Å². The molecule has 4 atom stereocenters. The number of nitrogens with zero attached hydrogens (tertiary/aromatic N) is 1. The van der Waals surface area contributed by atoms with E-state index in [9.17, 15) is 9.90 Å². The van der Waals surface area contributed by atoms with Gasteiger partial charge in [-0.3, -0.25) is 9.69 Å². The monoisotopic (exact) mass is 662 g/mol. The molecular formula is C43H67NO4. The second kappa shape index (κ2) is 16.9. The average Bonchev–Trinajstić information content (AvgIpc) is 3.82. The average molecular weight is 662 g/mol. The van der Waals surface area contributed by atoms with E-state index in [0.717, 1.165) is 68.7 Å². The summed E-state index contributed by atoms with van der Waals surface area (Å²) in [4.78, 5) is 15.6. The molecule has 3 fully saturated rings. The van der Waals surface area contributed by atoms with Crippen LogP contribution in [0.1, 0.15) is 179 Å². The van der Waals surface area contributed by atoms with Gasteiger partial charge in [-0.25, -0.2) is 0 Å². The quantitative estimate of drug-likeness (QED) is 0.0547. The summed E-state index contributed by atoms with van der Waals surface area (Å²) in [6, 6.07) is 4.22. The number of likely N-dealkylation sites (tertiary alicyclic amines) is 1. The molecule has 1 saturated heterocycles. The van der Waals surface area contributed by atoms with E-state index in [1.54, 1.807) is 0 Å². The maximum atomic E-state index is 13.0. The van der Waals surface area contributed by atoms with Crippen molar-refractivity contribution in [2.75, 3.05) is 13.1 Å². The number of aliphatic hydroxyl groups is 1. The smallest absolute Gasteiger partial charge is 0.311 e. The van der Waals surface area contributed by atoms with Crippen molar-refractivity contribution >= 4 is 5.97 Å². The normalized spacial score (nSPS) is 27.2. The first kappa shape index (κ1) is 36.0. The lowest BCUT2D eigenvalue weighted by Gasteiger charge is -2.63. The number of ether oxygens (including phenoxy) is 2. The lowest BCUT2D eigenvalue weighted by Crippen LogP contribution is -2.75. The molecule has 5 nitrogen and oxygen atoms in total. The van der Waals surface area contributed by atoms with Crippen molar-refractivity contribution in [2.45, 2.75) is 197 Å². The molecule has 1 spiro atoms. The molecule has 1 aromatic carbocycles. The Balaban J connectivity index is 0.871. The van der Waals surface area contributed by atoms with Gasteiger partial charge in [-0.1, -0.05) is 135 Å². The summed E-state index contributed by atoms with van der Waals surface area (Å²) in [5.74, 6) is 1.87. The summed E-state index contributed by atoms with van der Waals surface area (Å²) < 4.78 is 12.7. The number of benzene rings is 1. The lowest BCUT2D eigenvalue weighted by molar-refractivity contribution is -0.174. The minimum absolute atomic E-state index is 0.118. The van der Waals surface area contributed by atoms with Crippen molar-refractivity contribution in [1.82, 2.24) is 4.90 Å². The fourth-order valence-electron chi connectivity index (χ4n) is 9.98. The van der Waals surface area contributed by atoms with E-state index in [2.05, 4.69) is 24.5 Å². The zero-order valence-corrected chi connectivity index (χ0v) is 30.5. The molecule has 48 heavy (non-hydrogen) atoms. The Bertz CT molecular complexity index is 1220. The van der Waals surface area contributed by atoms with Crippen LogP contribution in [0.15, 0.2) is 24.3 Å². The number of piperidine rings is 1. The zero-order valence-electron chi connectivity index (χ0n) is 30.5. The van der Waals surface area contributed by atoms with E-state index in [4.69, 9.17) is 9.47 Å². The summed E-state index contributed by atoms with van der Waals surface area (Å²) >= 11 is 0. The fourth-order valence-corrected chi connectivity index (χ4v) is 9.98. The van der Waals surface area contributed by atoms with Crippen LogP contribution in [0.25, 0.3) is 0 Å². The highest BCUT2D eigenvalue weighted by atomic mass is 16.6. The fraction of sp³-hybridized carbons (Fsp3) is 0.791. The third-order valence-electron chi connectivity index (χ3n) is 12.9. The van der Waals surface area contributed by atoms with Gasteiger partial charge in [-0.15, -0.1) is 0 Å². The van der Waals surface area contributed by atoms with Gasteiger partial charge in [0.1, 0.15) is 6.10 Å². The summed E-state index contributed by atoms with van der Waals surface area (Å²) in [5.41, 5.74) is 2.14. The molecule has 0 aromatic heterocycles. The molecule has 5 aliphatic rings. The summed E-state index contributed by atoms with van der Waals surface area (Å²) in [6.45, 7) is 8.80. The van der Waals surface area contributed by atoms with Crippen LogP contribution in [0.4, 0.5) is 0 Å². The minimum atomic E-state index is -0.834. The van der Waals surface area contributed by atoms with E-state index >= 15 is 0 Å². The first-order valence-corrected chi connectivity index (χ1v) is 20.7. The first-order chi connectivity index (χ1) is 23.5. The highest BCUT2D eigenvalue weighted by Gasteiger charge is 2.72. The molecule has 6 rings (SSSR count). The van der Waals surface area contributed by atoms with Gasteiger partial charge in [-0.05, 0) is 74.6 Å². The van der Waals surface area contributed by atoms with Crippen LogP contribution in [0.5, 0.6) is 11.5 Å². The maximum absolute atomic E-state index is 13.0. The van der Waals surface area contributed by atoms with Gasteiger partial charge in [-0.2, -0.15) is 0 Å². The topological polar surface area (TPSA) is 59.0 Å². The van der Waals surface area contributed by atoms with Crippen LogP contribution >= 0.6 is 0 Å². The SMILES string of the molecule is C=C1CC[C@@]2(O)C3Cc4ccc(OC(=O)CCCCCCCCCCCCCCCCCCCCC)c5c4[C@@]2(CCN3CC2CC2)[C@H]1O5. The van der Waals surface area contributed by atoms with Gasteiger partial charge in [0.25, 0.3) is 0 Å². The molecule has 268 valence electrons. The van der Waals surface area contributed by atoms with Crippen molar-refractivity contribution in [2.24, 2.45) is 5.92 Å². The number of carbonyl (C=O) groups excluding carboxylic acids is 1.